The first-order chi connectivity index (χ1) is 18.0. The summed E-state index contributed by atoms with van der Waals surface area (Å²) in [5.41, 5.74) is -1.62. The van der Waals surface area contributed by atoms with Crippen LogP contribution in [-0.2, 0) is 16.0 Å². The number of carbonyl (C=O) groups is 1. The number of benzene rings is 3. The number of phenols is 1. The molecule has 0 radical (unpaired) electrons. The van der Waals surface area contributed by atoms with Crippen molar-refractivity contribution in [1.29, 1.82) is 0 Å². The van der Waals surface area contributed by atoms with Gasteiger partial charge in [-0.05, 0) is 35.0 Å². The van der Waals surface area contributed by atoms with Gasteiger partial charge in [-0.2, -0.15) is 18.3 Å². The highest BCUT2D eigenvalue weighted by molar-refractivity contribution is 7.91. The predicted octanol–water partition coefficient (Wildman–Crippen LogP) is 5.32. The summed E-state index contributed by atoms with van der Waals surface area (Å²) in [7, 11) is -3.65. The average molecular weight is 541 g/mol. The lowest BCUT2D eigenvalue weighted by Gasteiger charge is -2.13. The molecule has 2 heterocycles. The summed E-state index contributed by atoms with van der Waals surface area (Å²) >= 11 is 0. The number of hydrogen-bond acceptors (Lipinski definition) is 6. The molecular weight excluding hydrogens is 521 g/mol. The van der Waals surface area contributed by atoms with Gasteiger partial charge in [-0.1, -0.05) is 49.4 Å². The van der Waals surface area contributed by atoms with Crippen molar-refractivity contribution < 1.29 is 31.5 Å². The molecule has 0 saturated carbocycles. The lowest BCUT2D eigenvalue weighted by Crippen LogP contribution is -2.16. The van der Waals surface area contributed by atoms with Crippen molar-refractivity contribution in [3.63, 3.8) is 0 Å². The third kappa shape index (κ3) is 4.43. The van der Waals surface area contributed by atoms with Crippen LogP contribution in [0.4, 0.5) is 18.9 Å². The fraction of sp³-hybridized carbons (Fsp3) is 0.115. The van der Waals surface area contributed by atoms with Gasteiger partial charge in [0.1, 0.15) is 11.3 Å². The zero-order valence-electron chi connectivity index (χ0n) is 19.7. The number of aromatic nitrogens is 3. The number of sulfone groups is 1. The smallest absolute Gasteiger partial charge is 0.433 e. The molecule has 0 bridgehead atoms. The summed E-state index contributed by atoms with van der Waals surface area (Å²) in [5, 5.41) is 17.8. The van der Waals surface area contributed by atoms with Crippen LogP contribution in [0.3, 0.4) is 0 Å². The van der Waals surface area contributed by atoms with Crippen LogP contribution >= 0.6 is 0 Å². The zero-order chi connectivity index (χ0) is 27.2. The van der Waals surface area contributed by atoms with Gasteiger partial charge in [0.15, 0.2) is 21.2 Å². The normalized spacial score (nSPS) is 12.2. The highest BCUT2D eigenvalue weighted by Gasteiger charge is 2.36. The van der Waals surface area contributed by atoms with E-state index in [0.717, 1.165) is 29.8 Å². The molecule has 8 nitrogen and oxygen atoms in total. The lowest BCUT2D eigenvalue weighted by molar-refractivity contribution is -0.142. The number of nitrogens with zero attached hydrogens (tertiary/aromatic N) is 3. The first kappa shape index (κ1) is 25.2. The van der Waals surface area contributed by atoms with Crippen LogP contribution in [-0.4, -0.2) is 39.8 Å². The maximum atomic E-state index is 14.0. The molecule has 2 aromatic heterocycles. The van der Waals surface area contributed by atoms with E-state index in [1.807, 2.05) is 12.1 Å². The summed E-state index contributed by atoms with van der Waals surface area (Å²) in [6.45, 7) is 1.44. The van der Waals surface area contributed by atoms with E-state index in [-0.39, 0.29) is 33.2 Å². The van der Waals surface area contributed by atoms with Crippen molar-refractivity contribution in [2.45, 2.75) is 18.0 Å². The Balaban J connectivity index is 1.65. The molecule has 5 aromatic rings. The molecule has 5 rings (SSSR count). The zero-order valence-corrected chi connectivity index (χ0v) is 20.5. The molecule has 3 aromatic carbocycles. The maximum absolute atomic E-state index is 14.0. The van der Waals surface area contributed by atoms with Crippen LogP contribution in [0.15, 0.2) is 77.8 Å². The molecule has 0 aliphatic carbocycles. The van der Waals surface area contributed by atoms with Crippen LogP contribution < -0.4 is 5.32 Å². The van der Waals surface area contributed by atoms with Gasteiger partial charge in [-0.3, -0.25) is 4.79 Å². The van der Waals surface area contributed by atoms with Gasteiger partial charge in [0.25, 0.3) is 5.91 Å². The van der Waals surface area contributed by atoms with Gasteiger partial charge in [0.2, 0.25) is 0 Å². The second kappa shape index (κ2) is 9.14. The summed E-state index contributed by atoms with van der Waals surface area (Å²) in [4.78, 5) is 17.4. The summed E-state index contributed by atoms with van der Waals surface area (Å²) in [6, 6.07) is 16.5. The quantitative estimate of drug-likeness (QED) is 0.292. The third-order valence-corrected chi connectivity index (χ3v) is 7.76. The fourth-order valence-electron chi connectivity index (χ4n) is 4.08. The van der Waals surface area contributed by atoms with Crippen molar-refractivity contribution in [2.75, 3.05) is 11.1 Å². The molecule has 0 atom stereocenters. The van der Waals surface area contributed by atoms with Crippen LogP contribution in [0.25, 0.3) is 27.7 Å². The van der Waals surface area contributed by atoms with Crippen LogP contribution in [0.1, 0.15) is 23.0 Å². The second-order valence-electron chi connectivity index (χ2n) is 8.38. The average Bonchev–Trinajstić information content (AvgIpc) is 3.32. The van der Waals surface area contributed by atoms with E-state index in [0.29, 0.717) is 15.5 Å². The molecular formula is C26H19F3N4O4S. The van der Waals surface area contributed by atoms with Gasteiger partial charge >= 0.3 is 6.18 Å². The molecule has 0 aliphatic heterocycles. The third-order valence-electron chi connectivity index (χ3n) is 6.03. The van der Waals surface area contributed by atoms with Crippen LogP contribution in [0.5, 0.6) is 5.75 Å². The first-order valence-electron chi connectivity index (χ1n) is 11.3. The molecule has 0 unspecified atom stereocenters. The van der Waals surface area contributed by atoms with Gasteiger partial charge < -0.3 is 10.4 Å². The molecule has 2 N–H and O–H groups in total. The number of aromatic hydroxyl groups is 1. The Morgan fingerprint density at radius 1 is 1.05 bits per heavy atom. The number of amides is 1. The lowest BCUT2D eigenvalue weighted by atomic mass is 10.0. The van der Waals surface area contributed by atoms with Crippen LogP contribution in [0.2, 0.25) is 0 Å². The Hall–Kier alpha value is -4.45. The molecule has 38 heavy (non-hydrogen) atoms. The minimum absolute atomic E-state index is 0.0185. The largest absolute Gasteiger partial charge is 0.506 e. The Kier molecular flexibility index (Phi) is 6.06. The number of halogens is 3. The number of carbonyl (C=O) groups excluding carboxylic acids is 1. The molecule has 1 amide bonds. The van der Waals surface area contributed by atoms with E-state index >= 15 is 0 Å². The van der Waals surface area contributed by atoms with E-state index in [9.17, 15) is 31.5 Å². The fourth-order valence-corrected chi connectivity index (χ4v) is 4.98. The van der Waals surface area contributed by atoms with Gasteiger partial charge in [-0.15, -0.1) is 0 Å². The van der Waals surface area contributed by atoms with Gasteiger partial charge in [0.05, 0.1) is 28.2 Å². The van der Waals surface area contributed by atoms with Gasteiger partial charge in [-0.25, -0.2) is 17.9 Å². The molecule has 0 fully saturated rings. The van der Waals surface area contributed by atoms with E-state index in [1.165, 1.54) is 13.0 Å². The standard InChI is InChI=1S/C26H19F3N4O4S/c1-2-38(36,37)16-10-11-22(34)21(12-16)32-25(35)19-14-30-33-23(26(27,28)29)13-20(31-24(19)33)18-9-5-7-15-6-3-4-8-17(15)18/h3-14,34H,2H2,1H3,(H,32,35). The molecule has 194 valence electrons. The topological polar surface area (TPSA) is 114 Å². The predicted molar refractivity (Wildman–Crippen MR) is 135 cm³/mol. The minimum Gasteiger partial charge on any atom is -0.506 e. The van der Waals surface area contributed by atoms with Crippen molar-refractivity contribution in [3.8, 4) is 17.0 Å². The van der Waals surface area contributed by atoms with Crippen LogP contribution in [0, 0.1) is 0 Å². The van der Waals surface area contributed by atoms with Crippen molar-refractivity contribution in [2.24, 2.45) is 0 Å². The second-order valence-corrected chi connectivity index (χ2v) is 10.7. The summed E-state index contributed by atoms with van der Waals surface area (Å²) < 4.78 is 67.1. The molecule has 12 heteroatoms. The number of anilines is 1. The molecule has 0 aliphatic rings. The Morgan fingerprint density at radius 2 is 1.79 bits per heavy atom. The van der Waals surface area contributed by atoms with E-state index in [2.05, 4.69) is 15.4 Å². The van der Waals surface area contributed by atoms with Crippen molar-refractivity contribution >= 4 is 37.9 Å². The van der Waals surface area contributed by atoms with E-state index in [1.54, 1.807) is 30.3 Å². The minimum atomic E-state index is -4.82. The number of rotatable bonds is 5. The van der Waals surface area contributed by atoms with Crippen molar-refractivity contribution in [1.82, 2.24) is 14.6 Å². The Labute approximate surface area is 214 Å². The van der Waals surface area contributed by atoms with Crippen molar-refractivity contribution in [3.05, 3.63) is 84.2 Å². The Morgan fingerprint density at radius 3 is 2.53 bits per heavy atom. The van der Waals surface area contributed by atoms with E-state index in [4.69, 9.17) is 0 Å². The monoisotopic (exact) mass is 540 g/mol. The number of nitrogens with one attached hydrogen (secondary N) is 1. The molecule has 0 saturated heterocycles. The summed E-state index contributed by atoms with van der Waals surface area (Å²) in [5.74, 6) is -1.57. The number of alkyl halides is 3. The number of fused-ring (bicyclic) bond motifs is 2. The van der Waals surface area contributed by atoms with E-state index < -0.39 is 33.4 Å². The highest BCUT2D eigenvalue weighted by atomic mass is 32.2. The number of phenolic OH excluding ortho intramolecular Hbond substituents is 1. The molecule has 0 spiro atoms. The summed E-state index contributed by atoms with van der Waals surface area (Å²) in [6.07, 6.45) is -3.88. The number of hydrogen-bond donors (Lipinski definition) is 2. The Bertz CT molecular complexity index is 1830. The van der Waals surface area contributed by atoms with Gasteiger partial charge in [0, 0.05) is 5.56 Å². The first-order valence-corrected chi connectivity index (χ1v) is 13.0. The SMILES string of the molecule is CCS(=O)(=O)c1ccc(O)c(NC(=O)c2cnn3c(C(F)(F)F)cc(-c4cccc5ccccc45)nc23)c1. The maximum Gasteiger partial charge on any atom is 0.433 e. The highest BCUT2D eigenvalue weighted by Crippen LogP contribution is 2.35.